The number of aromatic nitrogens is 2. The number of nitrogens with zero attached hydrogens (tertiary/aromatic N) is 3. The van der Waals surface area contributed by atoms with Crippen LogP contribution >= 0.6 is 22.9 Å². The minimum atomic E-state index is -1.09. The lowest BCUT2D eigenvalue weighted by Crippen LogP contribution is -2.30. The molecule has 9 heteroatoms. The number of amides is 1. The Bertz CT molecular complexity index is 1070. The van der Waals surface area contributed by atoms with Crippen molar-refractivity contribution in [2.45, 2.75) is 20.0 Å². The fourth-order valence-electron chi connectivity index (χ4n) is 2.45. The van der Waals surface area contributed by atoms with Crippen LogP contribution in [-0.2, 0) is 9.53 Å². The van der Waals surface area contributed by atoms with Gasteiger partial charge in [-0.25, -0.2) is 9.48 Å². The van der Waals surface area contributed by atoms with Crippen molar-refractivity contribution in [2.24, 2.45) is 0 Å². The SMILES string of the molecule is Cc1nn(-c2ccccc2)c(Cl)c1C(=O)O[C@H](C)C(=O)Nc1sccc1C#N. The summed E-state index contributed by atoms with van der Waals surface area (Å²) in [4.78, 5) is 24.9. The van der Waals surface area contributed by atoms with E-state index in [-0.39, 0.29) is 10.7 Å². The van der Waals surface area contributed by atoms with Crippen LogP contribution in [0.2, 0.25) is 5.15 Å². The van der Waals surface area contributed by atoms with Crippen molar-refractivity contribution in [1.82, 2.24) is 9.78 Å². The molecule has 142 valence electrons. The Hall–Kier alpha value is -3.15. The van der Waals surface area contributed by atoms with Crippen molar-refractivity contribution in [3.8, 4) is 11.8 Å². The number of aryl methyl sites for hydroxylation is 1. The van der Waals surface area contributed by atoms with Gasteiger partial charge in [0.15, 0.2) is 6.10 Å². The smallest absolute Gasteiger partial charge is 0.344 e. The zero-order valence-corrected chi connectivity index (χ0v) is 16.5. The van der Waals surface area contributed by atoms with E-state index in [0.29, 0.717) is 21.9 Å². The summed E-state index contributed by atoms with van der Waals surface area (Å²) in [6, 6.07) is 12.7. The van der Waals surface area contributed by atoms with Crippen LogP contribution in [0.4, 0.5) is 5.00 Å². The molecule has 0 aliphatic carbocycles. The topological polar surface area (TPSA) is 97.0 Å². The lowest BCUT2D eigenvalue weighted by molar-refractivity contribution is -0.123. The third-order valence-corrected chi connectivity index (χ3v) is 5.06. The normalized spacial score (nSPS) is 11.5. The maximum absolute atomic E-state index is 12.6. The van der Waals surface area contributed by atoms with Gasteiger partial charge in [0.2, 0.25) is 0 Å². The molecule has 1 aromatic carbocycles. The van der Waals surface area contributed by atoms with E-state index in [9.17, 15) is 9.59 Å². The van der Waals surface area contributed by atoms with E-state index in [1.807, 2.05) is 24.3 Å². The number of hydrogen-bond donors (Lipinski definition) is 1. The van der Waals surface area contributed by atoms with Gasteiger partial charge in [0.1, 0.15) is 21.8 Å². The third kappa shape index (κ3) is 3.91. The average molecular weight is 415 g/mol. The van der Waals surface area contributed by atoms with Gasteiger partial charge < -0.3 is 10.1 Å². The highest BCUT2D eigenvalue weighted by atomic mass is 35.5. The molecular weight excluding hydrogens is 400 g/mol. The summed E-state index contributed by atoms with van der Waals surface area (Å²) in [7, 11) is 0. The van der Waals surface area contributed by atoms with Crippen LogP contribution < -0.4 is 5.32 Å². The van der Waals surface area contributed by atoms with Gasteiger partial charge in [-0.2, -0.15) is 10.4 Å². The van der Waals surface area contributed by atoms with E-state index in [0.717, 1.165) is 0 Å². The minimum Gasteiger partial charge on any atom is -0.449 e. The Morgan fingerprint density at radius 1 is 1.32 bits per heavy atom. The number of nitriles is 1. The highest BCUT2D eigenvalue weighted by Gasteiger charge is 2.26. The molecule has 28 heavy (non-hydrogen) atoms. The number of nitrogens with one attached hydrogen (secondary N) is 1. The first kappa shape index (κ1) is 19.6. The fourth-order valence-corrected chi connectivity index (χ4v) is 3.54. The van der Waals surface area contributed by atoms with Crippen LogP contribution in [0.15, 0.2) is 41.8 Å². The van der Waals surface area contributed by atoms with Gasteiger partial charge in [-0.1, -0.05) is 29.8 Å². The zero-order chi connectivity index (χ0) is 20.3. The number of carbonyl (C=O) groups is 2. The van der Waals surface area contributed by atoms with Crippen molar-refractivity contribution in [3.05, 3.63) is 63.8 Å². The predicted molar refractivity (Wildman–Crippen MR) is 106 cm³/mol. The molecule has 2 heterocycles. The zero-order valence-electron chi connectivity index (χ0n) is 15.0. The number of para-hydroxylation sites is 1. The molecule has 0 fully saturated rings. The van der Waals surface area contributed by atoms with E-state index in [2.05, 4.69) is 10.4 Å². The summed E-state index contributed by atoms with van der Waals surface area (Å²) in [5.74, 6) is -1.30. The Balaban J connectivity index is 1.75. The lowest BCUT2D eigenvalue weighted by atomic mass is 10.2. The summed E-state index contributed by atoms with van der Waals surface area (Å²) in [5, 5.41) is 18.1. The fraction of sp³-hybridized carbons (Fsp3) is 0.158. The number of thiophene rings is 1. The Morgan fingerprint density at radius 2 is 2.04 bits per heavy atom. The summed E-state index contributed by atoms with van der Waals surface area (Å²) in [6.07, 6.45) is -1.09. The molecule has 1 atom stereocenters. The van der Waals surface area contributed by atoms with E-state index in [1.165, 1.54) is 22.9 Å². The molecule has 0 aliphatic rings. The highest BCUT2D eigenvalue weighted by Crippen LogP contribution is 2.25. The van der Waals surface area contributed by atoms with Crippen LogP contribution in [0, 0.1) is 18.3 Å². The number of anilines is 1. The van der Waals surface area contributed by atoms with Gasteiger partial charge >= 0.3 is 5.97 Å². The monoisotopic (exact) mass is 414 g/mol. The maximum Gasteiger partial charge on any atom is 0.344 e. The lowest BCUT2D eigenvalue weighted by Gasteiger charge is -2.13. The minimum absolute atomic E-state index is 0.0963. The summed E-state index contributed by atoms with van der Waals surface area (Å²) in [6.45, 7) is 3.08. The maximum atomic E-state index is 12.6. The van der Waals surface area contributed by atoms with Gasteiger partial charge in [-0.05, 0) is 37.4 Å². The highest BCUT2D eigenvalue weighted by molar-refractivity contribution is 7.14. The van der Waals surface area contributed by atoms with Crippen molar-refractivity contribution < 1.29 is 14.3 Å². The molecule has 0 aliphatic heterocycles. The second-order valence-electron chi connectivity index (χ2n) is 5.81. The molecule has 1 amide bonds. The van der Waals surface area contributed by atoms with Crippen LogP contribution in [0.5, 0.6) is 0 Å². The van der Waals surface area contributed by atoms with Crippen molar-refractivity contribution in [3.63, 3.8) is 0 Å². The number of halogens is 1. The van der Waals surface area contributed by atoms with E-state index in [1.54, 1.807) is 30.5 Å². The summed E-state index contributed by atoms with van der Waals surface area (Å²) >= 11 is 7.55. The number of carbonyl (C=O) groups excluding carboxylic acids is 2. The molecule has 2 aromatic heterocycles. The van der Waals surface area contributed by atoms with E-state index in [4.69, 9.17) is 21.6 Å². The first-order chi connectivity index (χ1) is 13.4. The Labute approximate surface area is 170 Å². The molecule has 0 bridgehead atoms. The van der Waals surface area contributed by atoms with Gasteiger partial charge in [-0.15, -0.1) is 11.3 Å². The largest absolute Gasteiger partial charge is 0.449 e. The third-order valence-electron chi connectivity index (χ3n) is 3.88. The molecule has 0 saturated heterocycles. The molecule has 0 spiro atoms. The molecule has 0 unspecified atom stereocenters. The Morgan fingerprint density at radius 3 is 2.71 bits per heavy atom. The molecule has 3 aromatic rings. The summed E-state index contributed by atoms with van der Waals surface area (Å²) in [5.41, 5.74) is 1.53. The predicted octanol–water partition coefficient (Wildman–Crippen LogP) is 3.95. The second kappa shape index (κ2) is 8.25. The van der Waals surface area contributed by atoms with E-state index < -0.39 is 18.0 Å². The van der Waals surface area contributed by atoms with Gasteiger partial charge in [0, 0.05) is 0 Å². The average Bonchev–Trinajstić information content (AvgIpc) is 3.25. The van der Waals surface area contributed by atoms with Crippen LogP contribution in [0.1, 0.15) is 28.5 Å². The van der Waals surface area contributed by atoms with E-state index >= 15 is 0 Å². The standard InChI is InChI=1S/C19H15ClN4O3S/c1-11-15(16(20)24(23-11)14-6-4-3-5-7-14)19(26)27-12(2)17(25)22-18-13(10-21)8-9-28-18/h3-9,12H,1-2H3,(H,22,25)/t12-/m1/s1. The number of hydrogen-bond acceptors (Lipinski definition) is 6. The molecule has 1 N–H and O–H groups in total. The Kier molecular flexibility index (Phi) is 5.78. The van der Waals surface area contributed by atoms with Crippen molar-refractivity contribution in [1.29, 1.82) is 5.26 Å². The second-order valence-corrected chi connectivity index (χ2v) is 7.08. The molecule has 3 rings (SSSR count). The summed E-state index contributed by atoms with van der Waals surface area (Å²) < 4.78 is 6.70. The molecule has 7 nitrogen and oxygen atoms in total. The van der Waals surface area contributed by atoms with Crippen LogP contribution in [0.25, 0.3) is 5.69 Å². The van der Waals surface area contributed by atoms with Gasteiger partial charge in [0.25, 0.3) is 5.91 Å². The first-order valence-electron chi connectivity index (χ1n) is 8.22. The quantitative estimate of drug-likeness (QED) is 0.637. The van der Waals surface area contributed by atoms with Crippen molar-refractivity contribution >= 4 is 39.8 Å². The van der Waals surface area contributed by atoms with Crippen LogP contribution in [0.3, 0.4) is 0 Å². The number of ether oxygens (including phenoxy) is 1. The number of rotatable bonds is 5. The van der Waals surface area contributed by atoms with Crippen molar-refractivity contribution in [2.75, 3.05) is 5.32 Å². The van der Waals surface area contributed by atoms with Crippen LogP contribution in [-0.4, -0.2) is 27.8 Å². The number of esters is 1. The first-order valence-corrected chi connectivity index (χ1v) is 9.48. The van der Waals surface area contributed by atoms with Gasteiger partial charge in [0.05, 0.1) is 16.9 Å². The molecular formula is C19H15ClN4O3S. The molecule has 0 radical (unpaired) electrons. The van der Waals surface area contributed by atoms with Gasteiger partial charge in [-0.3, -0.25) is 4.79 Å². The molecule has 0 saturated carbocycles. The number of benzene rings is 1.